The highest BCUT2D eigenvalue weighted by Crippen LogP contribution is 2.10. The third-order valence-electron chi connectivity index (χ3n) is 1.52. The molecule has 0 radical (unpaired) electrons. The van der Waals surface area contributed by atoms with E-state index in [4.69, 9.17) is 25.5 Å². The molecule has 0 amide bonds. The minimum Gasteiger partial charge on any atom is -0.394 e. The number of carbonyl (C=O) groups is 1. The van der Waals surface area contributed by atoms with Gasteiger partial charge in [-0.05, 0) is 0 Å². The molecular weight excluding hydrogens is 168 g/mol. The SMILES string of the molecule is O=C[C@](O)(CO)[C@@H](O)[C@@H](O)CO. The van der Waals surface area contributed by atoms with E-state index in [9.17, 15) is 4.79 Å². The van der Waals surface area contributed by atoms with E-state index in [0.29, 0.717) is 0 Å². The maximum absolute atomic E-state index is 10.2. The highest BCUT2D eigenvalue weighted by molar-refractivity contribution is 5.63. The number of hydrogen-bond acceptors (Lipinski definition) is 6. The van der Waals surface area contributed by atoms with E-state index >= 15 is 0 Å². The fourth-order valence-electron chi connectivity index (χ4n) is 0.634. The topological polar surface area (TPSA) is 118 Å². The van der Waals surface area contributed by atoms with Crippen molar-refractivity contribution in [2.75, 3.05) is 13.2 Å². The number of aliphatic hydroxyl groups excluding tert-OH is 4. The Hall–Kier alpha value is -0.530. The Balaban J connectivity index is 4.40. The van der Waals surface area contributed by atoms with Gasteiger partial charge in [0, 0.05) is 0 Å². The van der Waals surface area contributed by atoms with Crippen LogP contribution in [-0.4, -0.2) is 62.8 Å². The van der Waals surface area contributed by atoms with Gasteiger partial charge in [0.05, 0.1) is 13.2 Å². The summed E-state index contributed by atoms with van der Waals surface area (Å²) in [6.45, 7) is -1.83. The Morgan fingerprint density at radius 3 is 2.08 bits per heavy atom. The first kappa shape index (κ1) is 11.5. The zero-order valence-electron chi connectivity index (χ0n) is 6.29. The molecule has 0 saturated carbocycles. The lowest BCUT2D eigenvalue weighted by atomic mass is 9.95. The van der Waals surface area contributed by atoms with Gasteiger partial charge in [-0.1, -0.05) is 0 Å². The van der Waals surface area contributed by atoms with Gasteiger partial charge in [0.2, 0.25) is 0 Å². The van der Waals surface area contributed by atoms with E-state index in [-0.39, 0.29) is 6.29 Å². The number of aldehydes is 1. The van der Waals surface area contributed by atoms with Crippen LogP contribution in [0.1, 0.15) is 0 Å². The van der Waals surface area contributed by atoms with Gasteiger partial charge in [0.1, 0.15) is 12.2 Å². The number of aliphatic hydroxyl groups is 5. The molecule has 0 aromatic heterocycles. The zero-order chi connectivity index (χ0) is 9.78. The van der Waals surface area contributed by atoms with Gasteiger partial charge in [-0.25, -0.2) is 0 Å². The van der Waals surface area contributed by atoms with Gasteiger partial charge in [-0.3, -0.25) is 4.79 Å². The highest BCUT2D eigenvalue weighted by Gasteiger charge is 2.39. The molecule has 0 aromatic rings. The quantitative estimate of drug-likeness (QED) is 0.282. The average Bonchev–Trinajstić information content (AvgIpc) is 2.14. The van der Waals surface area contributed by atoms with Gasteiger partial charge in [0.25, 0.3) is 0 Å². The van der Waals surface area contributed by atoms with Crippen LogP contribution in [0.2, 0.25) is 0 Å². The molecule has 0 fully saturated rings. The Bertz CT molecular complexity index is 149. The van der Waals surface area contributed by atoms with Crippen LogP contribution in [0.25, 0.3) is 0 Å². The first-order chi connectivity index (χ1) is 5.51. The third-order valence-corrected chi connectivity index (χ3v) is 1.52. The summed E-state index contributed by atoms with van der Waals surface area (Å²) < 4.78 is 0. The predicted octanol–water partition coefficient (Wildman–Crippen LogP) is -3.38. The van der Waals surface area contributed by atoms with Crippen molar-refractivity contribution in [2.24, 2.45) is 0 Å². The second-order valence-corrected chi connectivity index (χ2v) is 2.46. The largest absolute Gasteiger partial charge is 0.394 e. The van der Waals surface area contributed by atoms with E-state index in [2.05, 4.69) is 0 Å². The molecule has 0 aliphatic rings. The summed E-state index contributed by atoms with van der Waals surface area (Å²) in [4.78, 5) is 10.2. The molecule has 3 atom stereocenters. The lowest BCUT2D eigenvalue weighted by Crippen LogP contribution is -2.54. The van der Waals surface area contributed by atoms with Crippen molar-refractivity contribution in [3.8, 4) is 0 Å². The second-order valence-electron chi connectivity index (χ2n) is 2.46. The molecule has 0 rings (SSSR count). The van der Waals surface area contributed by atoms with Crippen LogP contribution in [0.4, 0.5) is 0 Å². The third kappa shape index (κ3) is 2.23. The summed E-state index contributed by atoms with van der Waals surface area (Å²) in [7, 11) is 0. The Labute approximate surface area is 68.7 Å². The summed E-state index contributed by atoms with van der Waals surface area (Å²) >= 11 is 0. The van der Waals surface area contributed by atoms with Crippen molar-refractivity contribution in [1.29, 1.82) is 0 Å². The molecule has 6 nitrogen and oxygen atoms in total. The molecule has 0 aromatic carbocycles. The molecule has 72 valence electrons. The van der Waals surface area contributed by atoms with Crippen LogP contribution in [0, 0.1) is 0 Å². The molecule has 0 bridgehead atoms. The average molecular weight is 180 g/mol. The van der Waals surface area contributed by atoms with Crippen molar-refractivity contribution in [2.45, 2.75) is 17.8 Å². The van der Waals surface area contributed by atoms with Crippen LogP contribution < -0.4 is 0 Å². The van der Waals surface area contributed by atoms with Crippen LogP contribution in [0.3, 0.4) is 0 Å². The predicted molar refractivity (Wildman–Crippen MR) is 37.2 cm³/mol. The number of hydrogen-bond donors (Lipinski definition) is 5. The molecule has 0 aliphatic heterocycles. The van der Waals surface area contributed by atoms with Crippen LogP contribution in [-0.2, 0) is 4.79 Å². The Morgan fingerprint density at radius 1 is 1.33 bits per heavy atom. The van der Waals surface area contributed by atoms with Gasteiger partial charge >= 0.3 is 0 Å². The maximum atomic E-state index is 10.2. The molecule has 0 saturated heterocycles. The van der Waals surface area contributed by atoms with Crippen molar-refractivity contribution >= 4 is 6.29 Å². The van der Waals surface area contributed by atoms with Crippen LogP contribution in [0.5, 0.6) is 0 Å². The normalized spacial score (nSPS) is 21.1. The summed E-state index contributed by atoms with van der Waals surface area (Å²) in [5.41, 5.74) is -2.41. The van der Waals surface area contributed by atoms with E-state index in [1.54, 1.807) is 0 Å². The standard InChI is InChI=1S/C6H12O6/c7-1-4(10)5(11)6(12,2-8)3-9/h2,4-5,7,9-12H,1,3H2/t4-,5-,6-/m0/s1. The molecular formula is C6H12O6. The maximum Gasteiger partial charge on any atom is 0.171 e. The van der Waals surface area contributed by atoms with E-state index < -0.39 is 31.0 Å². The Morgan fingerprint density at radius 2 is 1.83 bits per heavy atom. The molecule has 5 N–H and O–H groups in total. The monoisotopic (exact) mass is 180 g/mol. The minimum atomic E-state index is -2.41. The molecule has 6 heteroatoms. The smallest absolute Gasteiger partial charge is 0.171 e. The number of rotatable bonds is 5. The van der Waals surface area contributed by atoms with E-state index in [1.165, 1.54) is 0 Å². The minimum absolute atomic E-state index is 0.0868. The summed E-state index contributed by atoms with van der Waals surface area (Å²) in [6, 6.07) is 0. The van der Waals surface area contributed by atoms with Crippen molar-refractivity contribution in [3.05, 3.63) is 0 Å². The van der Waals surface area contributed by atoms with Crippen molar-refractivity contribution in [1.82, 2.24) is 0 Å². The van der Waals surface area contributed by atoms with E-state index in [0.717, 1.165) is 0 Å². The molecule has 0 unspecified atom stereocenters. The summed E-state index contributed by atoms with van der Waals surface area (Å²) in [5.74, 6) is 0. The molecule has 12 heavy (non-hydrogen) atoms. The summed E-state index contributed by atoms with van der Waals surface area (Å²) in [6.07, 6.45) is -3.64. The highest BCUT2D eigenvalue weighted by atomic mass is 16.4. The number of carbonyl (C=O) groups excluding carboxylic acids is 1. The van der Waals surface area contributed by atoms with Gasteiger partial charge in [0.15, 0.2) is 11.9 Å². The van der Waals surface area contributed by atoms with Crippen molar-refractivity contribution in [3.63, 3.8) is 0 Å². The zero-order valence-corrected chi connectivity index (χ0v) is 6.29. The van der Waals surface area contributed by atoms with Crippen molar-refractivity contribution < 1.29 is 30.3 Å². The van der Waals surface area contributed by atoms with Gasteiger partial charge in [-0.2, -0.15) is 0 Å². The first-order valence-corrected chi connectivity index (χ1v) is 3.28. The second kappa shape index (κ2) is 4.48. The molecule has 0 aliphatic carbocycles. The lowest BCUT2D eigenvalue weighted by molar-refractivity contribution is -0.162. The fraction of sp³-hybridized carbons (Fsp3) is 0.833. The molecule has 0 heterocycles. The van der Waals surface area contributed by atoms with Crippen LogP contribution >= 0.6 is 0 Å². The molecule has 0 spiro atoms. The van der Waals surface area contributed by atoms with Gasteiger partial charge < -0.3 is 25.5 Å². The lowest BCUT2D eigenvalue weighted by Gasteiger charge is -2.27. The summed E-state index contributed by atoms with van der Waals surface area (Å²) in [5, 5.41) is 43.6. The first-order valence-electron chi connectivity index (χ1n) is 3.28. The van der Waals surface area contributed by atoms with Gasteiger partial charge in [-0.15, -0.1) is 0 Å². The van der Waals surface area contributed by atoms with E-state index in [1.807, 2.05) is 0 Å². The fourth-order valence-corrected chi connectivity index (χ4v) is 0.634. The Kier molecular flexibility index (Phi) is 4.29. The van der Waals surface area contributed by atoms with Crippen LogP contribution in [0.15, 0.2) is 0 Å².